The molecule has 0 bridgehead atoms. The average Bonchev–Trinajstić information content (AvgIpc) is 3.34. The number of carboxylic acids is 2. The number of carbonyl (C=O) groups is 3. The summed E-state index contributed by atoms with van der Waals surface area (Å²) in [7, 11) is 0. The van der Waals surface area contributed by atoms with Gasteiger partial charge in [-0.05, 0) is 67.0 Å². The number of aryl methyl sites for hydroxylation is 2. The molecule has 41 heavy (non-hydrogen) atoms. The lowest BCUT2D eigenvalue weighted by Gasteiger charge is -2.12. The van der Waals surface area contributed by atoms with Crippen LogP contribution in [0.5, 0.6) is 5.75 Å². The quantitative estimate of drug-likeness (QED) is 0.153. The molecule has 1 heterocycles. The Balaban J connectivity index is 1.39. The van der Waals surface area contributed by atoms with E-state index in [0.29, 0.717) is 36.1 Å². The van der Waals surface area contributed by atoms with E-state index in [9.17, 15) is 19.5 Å². The summed E-state index contributed by atoms with van der Waals surface area (Å²) in [6, 6.07) is 23.8. The normalized spacial score (nSPS) is 11.9. The summed E-state index contributed by atoms with van der Waals surface area (Å²) in [5.74, 6) is -1.83. The highest BCUT2D eigenvalue weighted by Crippen LogP contribution is 2.34. The maximum Gasteiger partial charge on any atom is 0.352 e. The van der Waals surface area contributed by atoms with Gasteiger partial charge in [-0.25, -0.2) is 4.79 Å². The second kappa shape index (κ2) is 11.6. The molecule has 0 fully saturated rings. The zero-order valence-electron chi connectivity index (χ0n) is 22.7. The number of fused-ring (bicyclic) bond motifs is 2. The lowest BCUT2D eigenvalue weighted by molar-refractivity contribution is -0.138. The Morgan fingerprint density at radius 2 is 1.63 bits per heavy atom. The summed E-state index contributed by atoms with van der Waals surface area (Å²) < 4.78 is 6.08. The minimum atomic E-state index is -1.12. The molecular weight excluding hydrogens is 520 g/mol. The SMILES string of the molecule is Cc1cc(C(=O)NC(C)C(=O)O)ccc1-c1cccc2c(CCCOc3cccc4ccccc34)c(C(=O)O)[nH]c12. The predicted molar refractivity (Wildman–Crippen MR) is 158 cm³/mol. The number of rotatable bonds is 10. The van der Waals surface area contributed by atoms with E-state index in [4.69, 9.17) is 9.84 Å². The first-order valence-corrected chi connectivity index (χ1v) is 13.4. The van der Waals surface area contributed by atoms with Crippen molar-refractivity contribution >= 4 is 39.5 Å². The Morgan fingerprint density at radius 3 is 2.39 bits per heavy atom. The summed E-state index contributed by atoms with van der Waals surface area (Å²) in [6.07, 6.45) is 1.13. The van der Waals surface area contributed by atoms with Gasteiger partial charge >= 0.3 is 11.9 Å². The second-order valence-electron chi connectivity index (χ2n) is 10.0. The maximum atomic E-state index is 12.5. The summed E-state index contributed by atoms with van der Waals surface area (Å²) in [4.78, 5) is 39.0. The van der Waals surface area contributed by atoms with E-state index in [1.165, 1.54) is 6.92 Å². The Labute approximate surface area is 236 Å². The van der Waals surface area contributed by atoms with E-state index in [1.807, 2.05) is 67.6 Å². The van der Waals surface area contributed by atoms with Gasteiger partial charge in [0.15, 0.2) is 0 Å². The smallest absolute Gasteiger partial charge is 0.352 e. The monoisotopic (exact) mass is 550 g/mol. The number of benzene rings is 4. The van der Waals surface area contributed by atoms with Gasteiger partial charge in [0.2, 0.25) is 0 Å². The summed E-state index contributed by atoms with van der Waals surface area (Å²) in [6.45, 7) is 3.70. The first-order chi connectivity index (χ1) is 19.7. The first kappa shape index (κ1) is 27.5. The summed E-state index contributed by atoms with van der Waals surface area (Å²) in [5, 5.41) is 24.5. The largest absolute Gasteiger partial charge is 0.493 e. The topological polar surface area (TPSA) is 129 Å². The van der Waals surface area contributed by atoms with Gasteiger partial charge in [0.25, 0.3) is 5.91 Å². The van der Waals surface area contributed by atoms with Crippen molar-refractivity contribution in [2.45, 2.75) is 32.7 Å². The number of carboxylic acid groups (broad SMARTS) is 2. The number of H-pyrrole nitrogens is 1. The molecule has 208 valence electrons. The van der Waals surface area contributed by atoms with Crippen LogP contribution in [0.1, 0.15) is 45.3 Å². The van der Waals surface area contributed by atoms with E-state index in [0.717, 1.165) is 38.6 Å². The molecule has 1 unspecified atom stereocenters. The van der Waals surface area contributed by atoms with Crippen molar-refractivity contribution in [2.75, 3.05) is 6.61 Å². The molecular formula is C33H30N2O6. The van der Waals surface area contributed by atoms with Crippen LogP contribution in [0.25, 0.3) is 32.8 Å². The van der Waals surface area contributed by atoms with E-state index >= 15 is 0 Å². The van der Waals surface area contributed by atoms with Gasteiger partial charge in [-0.3, -0.25) is 9.59 Å². The van der Waals surface area contributed by atoms with Gasteiger partial charge < -0.3 is 25.3 Å². The lowest BCUT2D eigenvalue weighted by Crippen LogP contribution is -2.38. The number of aromatic nitrogens is 1. The predicted octanol–water partition coefficient (Wildman–Crippen LogP) is 6.21. The van der Waals surface area contributed by atoms with Gasteiger partial charge in [-0.1, -0.05) is 60.7 Å². The maximum absolute atomic E-state index is 12.5. The van der Waals surface area contributed by atoms with Crippen molar-refractivity contribution < 1.29 is 29.3 Å². The number of amides is 1. The van der Waals surface area contributed by atoms with Crippen molar-refractivity contribution in [1.29, 1.82) is 0 Å². The molecule has 5 aromatic rings. The fourth-order valence-corrected chi connectivity index (χ4v) is 5.14. The number of aromatic amines is 1. The molecule has 0 aliphatic heterocycles. The fraction of sp³-hybridized carbons (Fsp3) is 0.182. The number of hydrogen-bond acceptors (Lipinski definition) is 4. The molecule has 8 nitrogen and oxygen atoms in total. The number of aliphatic carboxylic acids is 1. The third kappa shape index (κ3) is 5.63. The molecule has 0 spiro atoms. The number of ether oxygens (including phenoxy) is 1. The van der Waals surface area contributed by atoms with Crippen LogP contribution in [0.2, 0.25) is 0 Å². The van der Waals surface area contributed by atoms with Crippen molar-refractivity contribution in [3.8, 4) is 16.9 Å². The third-order valence-electron chi connectivity index (χ3n) is 7.23. The van der Waals surface area contributed by atoms with Crippen LogP contribution in [0, 0.1) is 6.92 Å². The third-order valence-corrected chi connectivity index (χ3v) is 7.23. The average molecular weight is 551 g/mol. The van der Waals surface area contributed by atoms with Crippen molar-refractivity contribution in [3.05, 3.63) is 101 Å². The van der Waals surface area contributed by atoms with Crippen LogP contribution < -0.4 is 10.1 Å². The number of para-hydroxylation sites is 1. The highest BCUT2D eigenvalue weighted by atomic mass is 16.5. The molecule has 0 radical (unpaired) electrons. The van der Waals surface area contributed by atoms with Crippen LogP contribution in [0.3, 0.4) is 0 Å². The highest BCUT2D eigenvalue weighted by Gasteiger charge is 2.21. The van der Waals surface area contributed by atoms with Gasteiger partial charge in [-0.2, -0.15) is 0 Å². The number of carbonyl (C=O) groups excluding carboxylic acids is 1. The van der Waals surface area contributed by atoms with Crippen LogP contribution in [0.15, 0.2) is 78.9 Å². The van der Waals surface area contributed by atoms with Crippen LogP contribution in [0.4, 0.5) is 0 Å². The van der Waals surface area contributed by atoms with Crippen LogP contribution in [-0.2, 0) is 11.2 Å². The number of nitrogens with one attached hydrogen (secondary N) is 2. The lowest BCUT2D eigenvalue weighted by atomic mass is 9.95. The molecule has 5 rings (SSSR count). The molecule has 0 aliphatic rings. The molecule has 1 amide bonds. The van der Waals surface area contributed by atoms with Gasteiger partial charge in [0.05, 0.1) is 12.1 Å². The van der Waals surface area contributed by atoms with E-state index < -0.39 is 23.9 Å². The fourth-order valence-electron chi connectivity index (χ4n) is 5.14. The van der Waals surface area contributed by atoms with Crippen molar-refractivity contribution in [3.63, 3.8) is 0 Å². The van der Waals surface area contributed by atoms with Gasteiger partial charge in [0.1, 0.15) is 17.5 Å². The Hall–Kier alpha value is -5.11. The zero-order chi connectivity index (χ0) is 29.1. The molecule has 4 N–H and O–H groups in total. The zero-order valence-corrected chi connectivity index (χ0v) is 22.7. The minimum Gasteiger partial charge on any atom is -0.493 e. The molecule has 1 aromatic heterocycles. The summed E-state index contributed by atoms with van der Waals surface area (Å²) >= 11 is 0. The van der Waals surface area contributed by atoms with Crippen LogP contribution >= 0.6 is 0 Å². The first-order valence-electron chi connectivity index (χ1n) is 13.4. The molecule has 0 aliphatic carbocycles. The van der Waals surface area contributed by atoms with Crippen molar-refractivity contribution in [2.24, 2.45) is 0 Å². The minimum absolute atomic E-state index is 0.147. The van der Waals surface area contributed by atoms with Gasteiger partial charge in [0, 0.05) is 21.9 Å². The number of aromatic carboxylic acids is 1. The second-order valence-corrected chi connectivity index (χ2v) is 10.0. The molecule has 1 atom stereocenters. The van der Waals surface area contributed by atoms with E-state index in [1.54, 1.807) is 18.2 Å². The standard InChI is InChI=1S/C33H30N2O6/c1-19-18-22(31(36)34-20(2)32(37)38)15-16-23(19)25-11-6-12-26-27(30(33(39)40)35-29(25)26)13-7-17-41-28-14-5-9-21-8-3-4-10-24(21)28/h3-6,8-12,14-16,18,20,35H,7,13,17H2,1-2H3,(H,34,36)(H,37,38)(H,39,40). The number of hydrogen-bond donors (Lipinski definition) is 4. The summed E-state index contributed by atoms with van der Waals surface area (Å²) in [5.41, 5.74) is 4.35. The Bertz CT molecular complexity index is 1780. The molecule has 0 saturated carbocycles. The van der Waals surface area contributed by atoms with E-state index in [-0.39, 0.29) is 5.69 Å². The Kier molecular flexibility index (Phi) is 7.74. The Morgan fingerprint density at radius 1 is 0.902 bits per heavy atom. The van der Waals surface area contributed by atoms with Crippen molar-refractivity contribution in [1.82, 2.24) is 10.3 Å². The van der Waals surface area contributed by atoms with Crippen LogP contribution in [-0.4, -0.2) is 45.7 Å². The van der Waals surface area contributed by atoms with E-state index in [2.05, 4.69) is 10.3 Å². The molecule has 0 saturated heterocycles. The highest BCUT2D eigenvalue weighted by molar-refractivity contribution is 6.04. The van der Waals surface area contributed by atoms with Gasteiger partial charge in [-0.15, -0.1) is 0 Å². The molecule has 8 heteroatoms. The molecule has 4 aromatic carbocycles.